The van der Waals surface area contributed by atoms with E-state index in [1.165, 1.54) is 22.5 Å². The number of carbonyl (C=O) groups is 1. The minimum atomic E-state index is -0.431. The van der Waals surface area contributed by atoms with Gasteiger partial charge >= 0.3 is 0 Å². The molecule has 0 saturated carbocycles. The van der Waals surface area contributed by atoms with E-state index >= 15 is 0 Å². The molecule has 0 spiro atoms. The van der Waals surface area contributed by atoms with E-state index in [-0.39, 0.29) is 17.3 Å². The molecule has 0 bridgehead atoms. The summed E-state index contributed by atoms with van der Waals surface area (Å²) in [6.45, 7) is 2.31. The Hall–Kier alpha value is -2.87. The number of rotatable bonds is 7. The third kappa shape index (κ3) is 4.65. The summed E-state index contributed by atoms with van der Waals surface area (Å²) >= 11 is 1.18. The SMILES string of the molecule is CC(Sc1nnc(-c2ccccc2F)n1N)C(=O)NCCc1ccccc1. The zero-order valence-electron chi connectivity index (χ0n) is 14.8. The molecule has 3 aromatic rings. The van der Waals surface area contributed by atoms with Crippen molar-refractivity contribution in [2.24, 2.45) is 0 Å². The van der Waals surface area contributed by atoms with Gasteiger partial charge in [0, 0.05) is 6.54 Å². The maximum atomic E-state index is 13.9. The number of nitrogens with zero attached hydrogens (tertiary/aromatic N) is 3. The van der Waals surface area contributed by atoms with Crippen LogP contribution in [0.15, 0.2) is 59.8 Å². The predicted octanol–water partition coefficient (Wildman–Crippen LogP) is 2.64. The highest BCUT2D eigenvalue weighted by molar-refractivity contribution is 8.00. The lowest BCUT2D eigenvalue weighted by Crippen LogP contribution is -2.32. The molecule has 0 fully saturated rings. The summed E-state index contributed by atoms with van der Waals surface area (Å²) in [6, 6.07) is 16.1. The second-order valence-corrected chi connectivity index (χ2v) is 7.25. The van der Waals surface area contributed by atoms with Crippen molar-refractivity contribution in [1.82, 2.24) is 20.2 Å². The quantitative estimate of drug-likeness (QED) is 0.482. The molecule has 0 aliphatic rings. The van der Waals surface area contributed by atoms with Crippen LogP contribution < -0.4 is 11.2 Å². The van der Waals surface area contributed by atoms with Crippen molar-refractivity contribution in [3.05, 3.63) is 66.0 Å². The number of aromatic nitrogens is 3. The van der Waals surface area contributed by atoms with Crippen molar-refractivity contribution in [3.63, 3.8) is 0 Å². The van der Waals surface area contributed by atoms with Gasteiger partial charge in [-0.25, -0.2) is 9.07 Å². The van der Waals surface area contributed by atoms with Crippen LogP contribution in [0.1, 0.15) is 12.5 Å². The predicted molar refractivity (Wildman–Crippen MR) is 104 cm³/mol. The van der Waals surface area contributed by atoms with Gasteiger partial charge in [-0.3, -0.25) is 4.79 Å². The molecule has 0 aliphatic carbocycles. The lowest BCUT2D eigenvalue weighted by molar-refractivity contribution is -0.120. The van der Waals surface area contributed by atoms with E-state index in [1.807, 2.05) is 30.3 Å². The van der Waals surface area contributed by atoms with Crippen LogP contribution in [0, 0.1) is 5.82 Å². The summed E-state index contributed by atoms with van der Waals surface area (Å²) in [5.41, 5.74) is 1.42. The van der Waals surface area contributed by atoms with Gasteiger partial charge in [-0.15, -0.1) is 10.2 Å². The van der Waals surface area contributed by atoms with E-state index in [9.17, 15) is 9.18 Å². The number of nitrogen functional groups attached to an aromatic ring is 1. The average molecular weight is 385 g/mol. The number of nitrogens with two attached hydrogens (primary N) is 1. The lowest BCUT2D eigenvalue weighted by Gasteiger charge is -2.11. The molecule has 0 aliphatic heterocycles. The van der Waals surface area contributed by atoms with Gasteiger partial charge in [-0.2, -0.15) is 0 Å². The van der Waals surface area contributed by atoms with E-state index in [0.717, 1.165) is 12.0 Å². The number of nitrogens with one attached hydrogen (secondary N) is 1. The van der Waals surface area contributed by atoms with Crippen LogP contribution in [0.5, 0.6) is 0 Å². The monoisotopic (exact) mass is 385 g/mol. The molecular formula is C19H20FN5OS. The Morgan fingerprint density at radius 2 is 1.89 bits per heavy atom. The van der Waals surface area contributed by atoms with Crippen LogP contribution in [-0.2, 0) is 11.2 Å². The first-order chi connectivity index (χ1) is 13.1. The fraction of sp³-hybridized carbons (Fsp3) is 0.211. The fourth-order valence-electron chi connectivity index (χ4n) is 2.51. The molecule has 0 saturated heterocycles. The first kappa shape index (κ1) is 18.9. The second kappa shape index (κ2) is 8.68. The first-order valence-electron chi connectivity index (χ1n) is 8.50. The van der Waals surface area contributed by atoms with Crippen LogP contribution >= 0.6 is 11.8 Å². The van der Waals surface area contributed by atoms with Crippen molar-refractivity contribution >= 4 is 17.7 Å². The van der Waals surface area contributed by atoms with Crippen LogP contribution in [0.3, 0.4) is 0 Å². The Morgan fingerprint density at radius 3 is 2.63 bits per heavy atom. The minimum absolute atomic E-state index is 0.119. The van der Waals surface area contributed by atoms with Gasteiger partial charge in [0.15, 0.2) is 5.82 Å². The largest absolute Gasteiger partial charge is 0.355 e. The van der Waals surface area contributed by atoms with Crippen LogP contribution in [-0.4, -0.2) is 32.6 Å². The molecule has 0 radical (unpaired) electrons. The summed E-state index contributed by atoms with van der Waals surface area (Å²) in [6.07, 6.45) is 0.758. The number of hydrogen-bond acceptors (Lipinski definition) is 5. The third-order valence-corrected chi connectivity index (χ3v) is 5.04. The molecule has 2 aromatic carbocycles. The first-order valence-corrected chi connectivity index (χ1v) is 9.38. The highest BCUT2D eigenvalue weighted by Gasteiger charge is 2.20. The van der Waals surface area contributed by atoms with Crippen molar-refractivity contribution < 1.29 is 9.18 Å². The van der Waals surface area contributed by atoms with Crippen molar-refractivity contribution in [3.8, 4) is 11.4 Å². The average Bonchev–Trinajstić information content (AvgIpc) is 3.03. The molecule has 1 aromatic heterocycles. The number of amides is 1. The zero-order valence-corrected chi connectivity index (χ0v) is 15.6. The summed E-state index contributed by atoms with van der Waals surface area (Å²) < 4.78 is 15.1. The lowest BCUT2D eigenvalue weighted by atomic mass is 10.1. The maximum Gasteiger partial charge on any atom is 0.233 e. The highest BCUT2D eigenvalue weighted by atomic mass is 32.2. The van der Waals surface area contributed by atoms with Crippen molar-refractivity contribution in [2.45, 2.75) is 23.8 Å². The van der Waals surface area contributed by atoms with Gasteiger partial charge in [0.05, 0.1) is 10.8 Å². The van der Waals surface area contributed by atoms with Gasteiger partial charge < -0.3 is 11.2 Å². The molecule has 27 heavy (non-hydrogen) atoms. The molecule has 3 N–H and O–H groups in total. The number of thioether (sulfide) groups is 1. The van der Waals surface area contributed by atoms with Gasteiger partial charge in [0.25, 0.3) is 0 Å². The number of carbonyl (C=O) groups excluding carboxylic acids is 1. The topological polar surface area (TPSA) is 85.8 Å². The van der Waals surface area contributed by atoms with E-state index < -0.39 is 11.1 Å². The highest BCUT2D eigenvalue weighted by Crippen LogP contribution is 2.26. The van der Waals surface area contributed by atoms with Crippen molar-refractivity contribution in [1.29, 1.82) is 0 Å². The Labute approximate surface area is 161 Å². The fourth-order valence-corrected chi connectivity index (χ4v) is 3.31. The van der Waals surface area contributed by atoms with Gasteiger partial charge in [-0.1, -0.05) is 54.2 Å². The van der Waals surface area contributed by atoms with Crippen LogP contribution in [0.2, 0.25) is 0 Å². The maximum absolute atomic E-state index is 13.9. The third-order valence-electron chi connectivity index (χ3n) is 3.99. The van der Waals surface area contributed by atoms with Crippen LogP contribution in [0.25, 0.3) is 11.4 Å². The van der Waals surface area contributed by atoms with E-state index in [0.29, 0.717) is 11.7 Å². The second-order valence-electron chi connectivity index (χ2n) is 5.94. The Morgan fingerprint density at radius 1 is 1.19 bits per heavy atom. The summed E-state index contributed by atoms with van der Waals surface area (Å²) in [7, 11) is 0. The molecule has 1 atom stereocenters. The van der Waals surface area contributed by atoms with E-state index in [4.69, 9.17) is 5.84 Å². The summed E-state index contributed by atoms with van der Waals surface area (Å²) in [5.74, 6) is 5.67. The van der Waals surface area contributed by atoms with Gasteiger partial charge in [0.1, 0.15) is 5.82 Å². The normalized spacial score (nSPS) is 11.9. The van der Waals surface area contributed by atoms with Crippen LogP contribution in [0.4, 0.5) is 4.39 Å². The molecule has 1 unspecified atom stereocenters. The Balaban J connectivity index is 1.58. The van der Waals surface area contributed by atoms with E-state index in [1.54, 1.807) is 25.1 Å². The van der Waals surface area contributed by atoms with Gasteiger partial charge in [0.2, 0.25) is 11.1 Å². The number of halogens is 1. The molecule has 3 rings (SSSR count). The number of benzene rings is 2. The molecule has 8 heteroatoms. The standard InChI is InChI=1S/C19H20FN5OS/c1-13(18(26)22-12-11-14-7-3-2-4-8-14)27-19-24-23-17(25(19)21)15-9-5-6-10-16(15)20/h2-10,13H,11-12,21H2,1H3,(H,22,26). The Bertz CT molecular complexity index is 915. The molecule has 1 heterocycles. The number of hydrogen-bond donors (Lipinski definition) is 2. The zero-order chi connectivity index (χ0) is 19.2. The van der Waals surface area contributed by atoms with E-state index in [2.05, 4.69) is 15.5 Å². The summed E-state index contributed by atoms with van der Waals surface area (Å²) in [4.78, 5) is 12.3. The smallest absolute Gasteiger partial charge is 0.233 e. The molecule has 140 valence electrons. The Kier molecular flexibility index (Phi) is 6.08. The molecule has 6 nitrogen and oxygen atoms in total. The molecular weight excluding hydrogens is 365 g/mol. The molecule has 1 amide bonds. The summed E-state index contributed by atoms with van der Waals surface area (Å²) in [5, 5.41) is 10.8. The van der Waals surface area contributed by atoms with Gasteiger partial charge in [-0.05, 0) is 31.0 Å². The van der Waals surface area contributed by atoms with Crippen molar-refractivity contribution in [2.75, 3.05) is 12.4 Å². The minimum Gasteiger partial charge on any atom is -0.355 e.